The van der Waals surface area contributed by atoms with E-state index in [0.717, 1.165) is 23.8 Å². The van der Waals surface area contributed by atoms with Crippen LogP contribution in [-0.2, 0) is 6.54 Å². The molecule has 1 unspecified atom stereocenters. The van der Waals surface area contributed by atoms with Gasteiger partial charge in [0.15, 0.2) is 4.67 Å². The van der Waals surface area contributed by atoms with E-state index in [1.807, 2.05) is 6.07 Å². The second kappa shape index (κ2) is 5.14. The summed E-state index contributed by atoms with van der Waals surface area (Å²) in [6.45, 7) is 4.09. The Kier molecular flexibility index (Phi) is 3.83. The molecule has 1 saturated carbocycles. The van der Waals surface area contributed by atoms with Crippen molar-refractivity contribution in [3.63, 3.8) is 0 Å². The molecule has 84 valence electrons. The number of rotatable bonds is 6. The first-order valence-electron chi connectivity index (χ1n) is 5.44. The van der Waals surface area contributed by atoms with E-state index in [4.69, 9.17) is 4.42 Å². The Morgan fingerprint density at radius 1 is 1.60 bits per heavy atom. The summed E-state index contributed by atoms with van der Waals surface area (Å²) in [4.78, 5) is 0. The molecule has 1 heterocycles. The molecule has 0 saturated heterocycles. The minimum atomic E-state index is 0.493. The van der Waals surface area contributed by atoms with Crippen LogP contribution in [0.5, 0.6) is 0 Å². The summed E-state index contributed by atoms with van der Waals surface area (Å²) in [5.74, 6) is 0. The van der Waals surface area contributed by atoms with E-state index < -0.39 is 0 Å². The van der Waals surface area contributed by atoms with Gasteiger partial charge in [-0.3, -0.25) is 0 Å². The van der Waals surface area contributed by atoms with E-state index in [9.17, 15) is 0 Å². The Hall–Kier alpha value is -0.320. The van der Waals surface area contributed by atoms with Crippen molar-refractivity contribution >= 4 is 15.9 Å². The number of nitrogens with one attached hydrogen (secondary N) is 2. The number of halogens is 1. The van der Waals surface area contributed by atoms with E-state index in [2.05, 4.69) is 33.5 Å². The van der Waals surface area contributed by atoms with Gasteiger partial charge in [0.05, 0.1) is 6.26 Å². The largest absolute Gasteiger partial charge is 0.457 e. The number of furan rings is 1. The number of hydrogen-bond donors (Lipinski definition) is 2. The highest BCUT2D eigenvalue weighted by Crippen LogP contribution is 2.18. The van der Waals surface area contributed by atoms with Crippen molar-refractivity contribution in [2.24, 2.45) is 0 Å². The quantitative estimate of drug-likeness (QED) is 0.835. The normalized spacial score (nSPS) is 18.0. The molecule has 1 aromatic rings. The second-order valence-electron chi connectivity index (χ2n) is 4.18. The van der Waals surface area contributed by atoms with Crippen molar-refractivity contribution in [3.05, 3.63) is 22.6 Å². The minimum Gasteiger partial charge on any atom is -0.457 e. The highest BCUT2D eigenvalue weighted by molar-refractivity contribution is 9.10. The summed E-state index contributed by atoms with van der Waals surface area (Å²) in [5, 5.41) is 6.96. The third kappa shape index (κ3) is 3.63. The predicted octanol–water partition coefficient (Wildman–Crippen LogP) is 2.27. The lowest BCUT2D eigenvalue weighted by Gasteiger charge is -2.13. The molecular weight excluding hydrogens is 256 g/mol. The fourth-order valence-electron chi connectivity index (χ4n) is 1.43. The van der Waals surface area contributed by atoms with E-state index in [0.29, 0.717) is 6.04 Å². The van der Waals surface area contributed by atoms with Crippen LogP contribution in [0, 0.1) is 0 Å². The van der Waals surface area contributed by atoms with Gasteiger partial charge in [0, 0.05) is 30.7 Å². The highest BCUT2D eigenvalue weighted by Gasteiger charge is 2.20. The first-order chi connectivity index (χ1) is 7.25. The Labute approximate surface area is 98.7 Å². The lowest BCUT2D eigenvalue weighted by atomic mass is 10.3. The van der Waals surface area contributed by atoms with Gasteiger partial charge in [0.1, 0.15) is 0 Å². The average Bonchev–Trinajstić information content (AvgIpc) is 2.96. The van der Waals surface area contributed by atoms with Crippen molar-refractivity contribution in [2.75, 3.05) is 6.54 Å². The SMILES string of the molecule is CC(CNC1CC1)NCc1ccoc1Br. The highest BCUT2D eigenvalue weighted by atomic mass is 79.9. The van der Waals surface area contributed by atoms with Gasteiger partial charge < -0.3 is 15.1 Å². The van der Waals surface area contributed by atoms with Crippen LogP contribution in [-0.4, -0.2) is 18.6 Å². The molecule has 3 nitrogen and oxygen atoms in total. The van der Waals surface area contributed by atoms with Crippen LogP contribution in [0.2, 0.25) is 0 Å². The molecule has 1 fully saturated rings. The molecule has 1 aliphatic rings. The van der Waals surface area contributed by atoms with Gasteiger partial charge in [-0.15, -0.1) is 0 Å². The average molecular weight is 273 g/mol. The summed E-state index contributed by atoms with van der Waals surface area (Å²) in [5.41, 5.74) is 1.17. The Morgan fingerprint density at radius 3 is 3.00 bits per heavy atom. The van der Waals surface area contributed by atoms with Crippen LogP contribution in [0.4, 0.5) is 0 Å². The molecule has 15 heavy (non-hydrogen) atoms. The molecule has 0 amide bonds. The first kappa shape index (κ1) is 11.2. The molecule has 1 aromatic heterocycles. The van der Waals surface area contributed by atoms with Gasteiger partial charge in [-0.2, -0.15) is 0 Å². The zero-order valence-electron chi connectivity index (χ0n) is 8.92. The molecule has 0 aliphatic heterocycles. The smallest absolute Gasteiger partial charge is 0.173 e. The van der Waals surface area contributed by atoms with Crippen LogP contribution >= 0.6 is 15.9 Å². The van der Waals surface area contributed by atoms with Crippen molar-refractivity contribution in [1.29, 1.82) is 0 Å². The molecule has 4 heteroatoms. The van der Waals surface area contributed by atoms with E-state index in [1.165, 1.54) is 18.4 Å². The molecule has 1 aliphatic carbocycles. The van der Waals surface area contributed by atoms with Crippen LogP contribution < -0.4 is 10.6 Å². The van der Waals surface area contributed by atoms with E-state index in [1.54, 1.807) is 6.26 Å². The monoisotopic (exact) mass is 272 g/mol. The fraction of sp³-hybridized carbons (Fsp3) is 0.636. The zero-order valence-corrected chi connectivity index (χ0v) is 10.5. The predicted molar refractivity (Wildman–Crippen MR) is 63.7 cm³/mol. The Balaban J connectivity index is 1.65. The Morgan fingerprint density at radius 2 is 2.40 bits per heavy atom. The number of hydrogen-bond acceptors (Lipinski definition) is 3. The zero-order chi connectivity index (χ0) is 10.7. The van der Waals surface area contributed by atoms with E-state index in [-0.39, 0.29) is 0 Å². The van der Waals surface area contributed by atoms with Gasteiger partial charge in [-0.1, -0.05) is 0 Å². The third-order valence-corrected chi connectivity index (χ3v) is 3.32. The maximum Gasteiger partial charge on any atom is 0.173 e. The molecule has 2 rings (SSSR count). The van der Waals surface area contributed by atoms with Crippen molar-refractivity contribution < 1.29 is 4.42 Å². The standard InChI is InChI=1S/C11H17BrN2O/c1-8(6-14-10-2-3-10)13-7-9-4-5-15-11(9)12/h4-5,8,10,13-14H,2-3,6-7H2,1H3. The maximum atomic E-state index is 5.17. The lowest BCUT2D eigenvalue weighted by Crippen LogP contribution is -2.36. The topological polar surface area (TPSA) is 37.2 Å². The summed E-state index contributed by atoms with van der Waals surface area (Å²) < 4.78 is 6.00. The molecule has 0 radical (unpaired) electrons. The molecular formula is C11H17BrN2O. The molecule has 1 atom stereocenters. The van der Waals surface area contributed by atoms with Crippen LogP contribution in [0.25, 0.3) is 0 Å². The Bertz CT molecular complexity index is 309. The second-order valence-corrected chi connectivity index (χ2v) is 4.90. The minimum absolute atomic E-state index is 0.493. The van der Waals surface area contributed by atoms with Gasteiger partial charge in [-0.25, -0.2) is 0 Å². The van der Waals surface area contributed by atoms with Crippen LogP contribution in [0.1, 0.15) is 25.3 Å². The summed E-state index contributed by atoms with van der Waals surface area (Å²) >= 11 is 3.37. The maximum absolute atomic E-state index is 5.17. The summed E-state index contributed by atoms with van der Waals surface area (Å²) in [7, 11) is 0. The van der Waals surface area contributed by atoms with Crippen molar-refractivity contribution in [1.82, 2.24) is 10.6 Å². The van der Waals surface area contributed by atoms with Gasteiger partial charge in [-0.05, 0) is 41.8 Å². The molecule has 0 spiro atoms. The van der Waals surface area contributed by atoms with Gasteiger partial charge >= 0.3 is 0 Å². The molecule has 0 bridgehead atoms. The van der Waals surface area contributed by atoms with Gasteiger partial charge in [0.25, 0.3) is 0 Å². The van der Waals surface area contributed by atoms with Gasteiger partial charge in [0.2, 0.25) is 0 Å². The van der Waals surface area contributed by atoms with Crippen LogP contribution in [0.3, 0.4) is 0 Å². The molecule has 2 N–H and O–H groups in total. The summed E-state index contributed by atoms with van der Waals surface area (Å²) in [6, 6.07) is 3.26. The van der Waals surface area contributed by atoms with E-state index >= 15 is 0 Å². The van der Waals surface area contributed by atoms with Crippen molar-refractivity contribution in [2.45, 2.75) is 38.4 Å². The van der Waals surface area contributed by atoms with Crippen molar-refractivity contribution in [3.8, 4) is 0 Å². The summed E-state index contributed by atoms with van der Waals surface area (Å²) in [6.07, 6.45) is 4.40. The first-order valence-corrected chi connectivity index (χ1v) is 6.23. The van der Waals surface area contributed by atoms with Crippen LogP contribution in [0.15, 0.2) is 21.4 Å². The third-order valence-electron chi connectivity index (χ3n) is 2.62. The molecule has 0 aromatic carbocycles. The fourth-order valence-corrected chi connectivity index (χ4v) is 1.81. The lowest BCUT2D eigenvalue weighted by molar-refractivity contribution is 0.491.